The minimum absolute atomic E-state index is 0.00795. The largest absolute Gasteiger partial charge is 0.488 e. The van der Waals surface area contributed by atoms with Gasteiger partial charge >= 0.3 is 0 Å². The molecule has 5 nitrogen and oxygen atoms in total. The van der Waals surface area contributed by atoms with Gasteiger partial charge in [-0.05, 0) is 42.0 Å². The molecule has 4 aromatic rings. The molecule has 0 N–H and O–H groups in total. The van der Waals surface area contributed by atoms with E-state index in [-0.39, 0.29) is 6.10 Å². The summed E-state index contributed by atoms with van der Waals surface area (Å²) >= 11 is 0. The summed E-state index contributed by atoms with van der Waals surface area (Å²) in [5.74, 6) is 0.876. The van der Waals surface area contributed by atoms with Crippen molar-refractivity contribution < 1.29 is 14.2 Å². The van der Waals surface area contributed by atoms with E-state index in [1.165, 1.54) is 27.9 Å². The predicted molar refractivity (Wildman–Crippen MR) is 149 cm³/mol. The molecule has 6 rings (SSSR count). The van der Waals surface area contributed by atoms with Gasteiger partial charge in [0.15, 0.2) is 0 Å². The number of aromatic nitrogens is 1. The van der Waals surface area contributed by atoms with Crippen LogP contribution in [0.5, 0.6) is 5.75 Å². The number of benzene rings is 3. The highest BCUT2D eigenvalue weighted by Crippen LogP contribution is 2.35. The molecule has 2 aliphatic rings. The molecule has 2 aliphatic heterocycles. The third-order valence-electron chi connectivity index (χ3n) is 7.39. The maximum Gasteiger partial charge on any atom is 0.131 e. The van der Waals surface area contributed by atoms with E-state index in [2.05, 4.69) is 78.2 Å². The zero-order valence-corrected chi connectivity index (χ0v) is 21.9. The second kappa shape index (κ2) is 11.4. The first-order valence-corrected chi connectivity index (χ1v) is 13.5. The van der Waals surface area contributed by atoms with Crippen molar-refractivity contribution in [3.05, 3.63) is 118 Å². The highest BCUT2D eigenvalue weighted by atomic mass is 16.6. The van der Waals surface area contributed by atoms with Gasteiger partial charge in [0.05, 0.1) is 32.1 Å². The molecule has 1 aromatic heterocycles. The van der Waals surface area contributed by atoms with Crippen LogP contribution in [0, 0.1) is 6.92 Å². The highest BCUT2D eigenvalue weighted by molar-refractivity contribution is 5.71. The molecule has 0 bridgehead atoms. The van der Waals surface area contributed by atoms with Gasteiger partial charge in [0, 0.05) is 23.7 Å². The van der Waals surface area contributed by atoms with Crippen molar-refractivity contribution in [2.24, 2.45) is 4.99 Å². The Morgan fingerprint density at radius 2 is 1.68 bits per heavy atom. The van der Waals surface area contributed by atoms with E-state index in [9.17, 15) is 0 Å². The molecule has 0 radical (unpaired) electrons. The van der Waals surface area contributed by atoms with Crippen molar-refractivity contribution in [3.63, 3.8) is 0 Å². The Balaban J connectivity index is 1.37. The molecular formula is C33H34N2O3. The van der Waals surface area contributed by atoms with Gasteiger partial charge in [-0.2, -0.15) is 0 Å². The van der Waals surface area contributed by atoms with Gasteiger partial charge in [-0.25, -0.2) is 0 Å². The lowest BCUT2D eigenvalue weighted by molar-refractivity contribution is -0.0835. The summed E-state index contributed by atoms with van der Waals surface area (Å²) in [6.07, 6.45) is 1.91. The fourth-order valence-corrected chi connectivity index (χ4v) is 5.42. The van der Waals surface area contributed by atoms with E-state index in [0.717, 1.165) is 41.8 Å². The third kappa shape index (κ3) is 5.45. The smallest absolute Gasteiger partial charge is 0.131 e. The average Bonchev–Trinajstić information content (AvgIpc) is 2.97. The molecule has 0 saturated carbocycles. The molecule has 3 aromatic carbocycles. The van der Waals surface area contributed by atoms with Crippen LogP contribution in [0.2, 0.25) is 0 Å². The van der Waals surface area contributed by atoms with Crippen LogP contribution in [-0.2, 0) is 35.5 Å². The molecule has 0 unspecified atom stereocenters. The number of hydrogen-bond acceptors (Lipinski definition) is 4. The topological polar surface area (TPSA) is 45.0 Å². The third-order valence-corrected chi connectivity index (χ3v) is 7.39. The monoisotopic (exact) mass is 506 g/mol. The summed E-state index contributed by atoms with van der Waals surface area (Å²) in [7, 11) is 0. The number of nitrogens with zero attached hydrogens (tertiary/aromatic N) is 2. The van der Waals surface area contributed by atoms with Crippen LogP contribution in [0.3, 0.4) is 0 Å². The molecular weight excluding hydrogens is 472 g/mol. The summed E-state index contributed by atoms with van der Waals surface area (Å²) in [5, 5.41) is 0. The van der Waals surface area contributed by atoms with E-state index in [1.54, 1.807) is 0 Å². The van der Waals surface area contributed by atoms with Crippen molar-refractivity contribution >= 4 is 0 Å². The maximum atomic E-state index is 6.41. The second-order valence-electron chi connectivity index (χ2n) is 10.1. The number of aryl methyl sites for hydroxylation is 1. The number of ether oxygens (including phenoxy) is 3. The molecule has 0 aliphatic carbocycles. The SMILES string of the molecule is Cc1c(OCc2ccccc2)cc(=NC[C@@H]2COCCO2)n2c1-c1ccc(Cc3ccccc3)cc1CC2. The summed E-state index contributed by atoms with van der Waals surface area (Å²) in [5.41, 5.74) is 9.76. The Labute approximate surface area is 224 Å². The normalized spacial score (nSPS) is 17.1. The van der Waals surface area contributed by atoms with Crippen LogP contribution in [0.25, 0.3) is 11.3 Å². The van der Waals surface area contributed by atoms with Gasteiger partial charge < -0.3 is 18.8 Å². The summed E-state index contributed by atoms with van der Waals surface area (Å²) in [4.78, 5) is 5.02. The number of pyridine rings is 1. The van der Waals surface area contributed by atoms with Crippen molar-refractivity contribution in [2.75, 3.05) is 26.4 Å². The van der Waals surface area contributed by atoms with Gasteiger partial charge in [0.1, 0.15) is 23.9 Å². The quantitative estimate of drug-likeness (QED) is 0.332. The first-order chi connectivity index (χ1) is 18.7. The number of hydrogen-bond donors (Lipinski definition) is 0. The lowest BCUT2D eigenvalue weighted by atomic mass is 9.91. The van der Waals surface area contributed by atoms with Crippen LogP contribution in [-0.4, -0.2) is 37.0 Å². The molecule has 1 atom stereocenters. The summed E-state index contributed by atoms with van der Waals surface area (Å²) in [6, 6.07) is 30.0. The Bertz CT molecular complexity index is 1460. The van der Waals surface area contributed by atoms with E-state index >= 15 is 0 Å². The fraction of sp³-hybridized carbons (Fsp3) is 0.303. The number of fused-ring (bicyclic) bond motifs is 3. The highest BCUT2D eigenvalue weighted by Gasteiger charge is 2.22. The zero-order chi connectivity index (χ0) is 25.7. The summed E-state index contributed by atoms with van der Waals surface area (Å²) in [6.45, 7) is 6.02. The van der Waals surface area contributed by atoms with Crippen molar-refractivity contribution in [1.29, 1.82) is 0 Å². The van der Waals surface area contributed by atoms with Crippen LogP contribution < -0.4 is 10.2 Å². The second-order valence-corrected chi connectivity index (χ2v) is 10.1. The van der Waals surface area contributed by atoms with Crippen molar-refractivity contribution in [3.8, 4) is 17.0 Å². The Morgan fingerprint density at radius 1 is 0.895 bits per heavy atom. The van der Waals surface area contributed by atoms with Crippen LogP contribution in [0.1, 0.15) is 27.8 Å². The van der Waals surface area contributed by atoms with Crippen LogP contribution in [0.4, 0.5) is 0 Å². The van der Waals surface area contributed by atoms with Crippen molar-refractivity contribution in [1.82, 2.24) is 4.57 Å². The van der Waals surface area contributed by atoms with Crippen LogP contribution >= 0.6 is 0 Å². The lowest BCUT2D eigenvalue weighted by Gasteiger charge is -2.27. The van der Waals surface area contributed by atoms with Gasteiger partial charge in [-0.1, -0.05) is 78.9 Å². The first kappa shape index (κ1) is 24.7. The predicted octanol–water partition coefficient (Wildman–Crippen LogP) is 5.51. The van der Waals surface area contributed by atoms with Crippen molar-refractivity contribution in [2.45, 2.75) is 39.0 Å². The fourth-order valence-electron chi connectivity index (χ4n) is 5.42. The Morgan fingerprint density at radius 3 is 2.45 bits per heavy atom. The van der Waals surface area contributed by atoms with E-state index < -0.39 is 0 Å². The standard InChI is InChI=1S/C33H34N2O3/c1-24-31(38-22-26-10-6-3-7-11-26)20-32(34-21-29-23-36-16-17-37-29)35-15-14-28-19-27(12-13-30(28)33(24)35)18-25-8-4-2-5-9-25/h2-13,19-20,29H,14-18,21-23H2,1H3/t29-/m1/s1. The molecule has 0 amide bonds. The summed E-state index contributed by atoms with van der Waals surface area (Å²) < 4.78 is 20.2. The van der Waals surface area contributed by atoms with Crippen LogP contribution in [0.15, 0.2) is 89.9 Å². The zero-order valence-electron chi connectivity index (χ0n) is 21.9. The maximum absolute atomic E-state index is 6.41. The molecule has 0 spiro atoms. The lowest BCUT2D eigenvalue weighted by Crippen LogP contribution is -2.33. The Hall–Kier alpha value is -3.67. The van der Waals surface area contributed by atoms with Gasteiger partial charge in [0.25, 0.3) is 0 Å². The van der Waals surface area contributed by atoms with Gasteiger partial charge in [-0.15, -0.1) is 0 Å². The minimum Gasteiger partial charge on any atom is -0.488 e. The molecule has 3 heterocycles. The molecule has 5 heteroatoms. The van der Waals surface area contributed by atoms with Gasteiger partial charge in [-0.3, -0.25) is 4.99 Å². The molecule has 194 valence electrons. The first-order valence-electron chi connectivity index (χ1n) is 13.5. The molecule has 1 saturated heterocycles. The van der Waals surface area contributed by atoms with E-state index in [4.69, 9.17) is 19.2 Å². The average molecular weight is 507 g/mol. The molecule has 1 fully saturated rings. The molecule has 38 heavy (non-hydrogen) atoms. The minimum atomic E-state index is -0.00795. The number of rotatable bonds is 7. The van der Waals surface area contributed by atoms with Gasteiger partial charge in [0.2, 0.25) is 0 Å². The van der Waals surface area contributed by atoms with E-state index in [1.807, 2.05) is 18.2 Å². The van der Waals surface area contributed by atoms with E-state index in [0.29, 0.717) is 33.0 Å². The Kier molecular flexibility index (Phi) is 7.38.